The number of nitrogen functional groups attached to an aromatic ring is 1. The maximum atomic E-state index is 12.5. The minimum absolute atomic E-state index is 0.0749. The zero-order valence-electron chi connectivity index (χ0n) is 13.6. The van der Waals surface area contributed by atoms with Crippen molar-refractivity contribution in [3.63, 3.8) is 0 Å². The molecule has 1 saturated heterocycles. The molecule has 1 fully saturated rings. The fraction of sp³-hybridized carbons (Fsp3) is 0.211. The summed E-state index contributed by atoms with van der Waals surface area (Å²) in [4.78, 5) is 25.6. The van der Waals surface area contributed by atoms with Gasteiger partial charge in [-0.2, -0.15) is 0 Å². The van der Waals surface area contributed by atoms with E-state index in [4.69, 9.17) is 5.73 Å². The number of H-pyrrole nitrogens is 1. The molecule has 3 aromatic rings. The van der Waals surface area contributed by atoms with Crippen molar-refractivity contribution in [1.82, 2.24) is 19.9 Å². The van der Waals surface area contributed by atoms with E-state index in [0.29, 0.717) is 17.0 Å². The predicted octanol–water partition coefficient (Wildman–Crippen LogP) is 2.18. The van der Waals surface area contributed by atoms with Crippen molar-refractivity contribution in [2.75, 3.05) is 18.8 Å². The number of fused-ring (bicyclic) bond motifs is 1. The molecule has 0 atom stereocenters. The number of carbonyl (C=O) groups excluding carboxylic acids is 1. The zero-order valence-corrected chi connectivity index (χ0v) is 13.6. The number of nitrogens with one attached hydrogen (secondary N) is 1. The third-order valence-electron chi connectivity index (χ3n) is 4.34. The normalized spacial score (nSPS) is 13.7. The van der Waals surface area contributed by atoms with Crippen LogP contribution in [-0.2, 0) is 0 Å². The molecule has 25 heavy (non-hydrogen) atoms. The summed E-state index contributed by atoms with van der Waals surface area (Å²) in [5.41, 5.74) is 8.78. The molecule has 0 saturated carbocycles. The first-order valence-electron chi connectivity index (χ1n) is 8.21. The van der Waals surface area contributed by atoms with Crippen LogP contribution in [0.2, 0.25) is 0 Å². The van der Waals surface area contributed by atoms with E-state index in [0.717, 1.165) is 42.4 Å². The van der Waals surface area contributed by atoms with Gasteiger partial charge < -0.3 is 15.6 Å². The number of benzene rings is 1. The van der Waals surface area contributed by atoms with Crippen LogP contribution in [0.15, 0.2) is 36.8 Å². The Morgan fingerprint density at radius 2 is 2.04 bits per heavy atom. The first-order valence-corrected chi connectivity index (χ1v) is 8.21. The molecule has 1 amide bonds. The first kappa shape index (κ1) is 15.2. The van der Waals surface area contributed by atoms with Crippen molar-refractivity contribution in [2.24, 2.45) is 0 Å². The van der Waals surface area contributed by atoms with Crippen molar-refractivity contribution in [2.45, 2.75) is 12.8 Å². The molecule has 0 bridgehead atoms. The number of nitrogens with zero attached hydrogens (tertiary/aromatic N) is 3. The van der Waals surface area contributed by atoms with E-state index in [2.05, 4.69) is 26.8 Å². The van der Waals surface area contributed by atoms with Crippen LogP contribution in [0.3, 0.4) is 0 Å². The third kappa shape index (κ3) is 2.92. The number of hydrogen-bond acceptors (Lipinski definition) is 4. The lowest BCUT2D eigenvalue weighted by atomic mass is 10.1. The van der Waals surface area contributed by atoms with Gasteiger partial charge in [0, 0.05) is 30.4 Å². The van der Waals surface area contributed by atoms with Crippen LogP contribution in [0.5, 0.6) is 0 Å². The standard InChI is InChI=1S/C19H17N5O/c20-17-16-15(11-21-18(16)23-12-22-17)7-6-13-4-3-5-14(10-13)19(25)24-8-1-2-9-24/h3-5,10-12H,1-2,8-9H2,(H3,20,21,22,23). The van der Waals surface area contributed by atoms with Crippen LogP contribution in [0.1, 0.15) is 34.3 Å². The minimum Gasteiger partial charge on any atom is -0.383 e. The summed E-state index contributed by atoms with van der Waals surface area (Å²) < 4.78 is 0. The Balaban J connectivity index is 1.64. The number of anilines is 1. The van der Waals surface area contributed by atoms with Gasteiger partial charge in [-0.1, -0.05) is 17.9 Å². The summed E-state index contributed by atoms with van der Waals surface area (Å²) in [6, 6.07) is 7.42. The Labute approximate surface area is 145 Å². The monoisotopic (exact) mass is 331 g/mol. The van der Waals surface area contributed by atoms with Gasteiger partial charge in [0.25, 0.3) is 5.91 Å². The lowest BCUT2D eigenvalue weighted by molar-refractivity contribution is 0.0793. The fourth-order valence-corrected chi connectivity index (χ4v) is 3.06. The zero-order chi connectivity index (χ0) is 17.2. The molecule has 6 heteroatoms. The van der Waals surface area contributed by atoms with E-state index in [1.807, 2.05) is 29.2 Å². The number of hydrogen-bond donors (Lipinski definition) is 2. The number of aromatic amines is 1. The Morgan fingerprint density at radius 3 is 2.88 bits per heavy atom. The molecular weight excluding hydrogens is 314 g/mol. The molecule has 3 heterocycles. The predicted molar refractivity (Wildman–Crippen MR) is 95.9 cm³/mol. The van der Waals surface area contributed by atoms with Crippen LogP contribution in [0.4, 0.5) is 5.82 Å². The molecular formula is C19H17N5O. The second kappa shape index (κ2) is 6.29. The van der Waals surface area contributed by atoms with Crippen molar-refractivity contribution < 1.29 is 4.79 Å². The highest BCUT2D eigenvalue weighted by atomic mass is 16.2. The molecule has 0 radical (unpaired) electrons. The average molecular weight is 331 g/mol. The van der Waals surface area contributed by atoms with Crippen molar-refractivity contribution >= 4 is 22.8 Å². The van der Waals surface area contributed by atoms with Crippen LogP contribution >= 0.6 is 0 Å². The van der Waals surface area contributed by atoms with Gasteiger partial charge in [0.1, 0.15) is 17.8 Å². The van der Waals surface area contributed by atoms with Crippen molar-refractivity contribution in [3.8, 4) is 11.8 Å². The molecule has 2 aromatic heterocycles. The number of nitrogens with two attached hydrogens (primary N) is 1. The number of carbonyl (C=O) groups is 1. The molecule has 0 aliphatic carbocycles. The largest absolute Gasteiger partial charge is 0.383 e. The maximum absolute atomic E-state index is 12.5. The van der Waals surface area contributed by atoms with Gasteiger partial charge >= 0.3 is 0 Å². The quantitative estimate of drug-likeness (QED) is 0.669. The first-order chi connectivity index (χ1) is 12.2. The van der Waals surface area contributed by atoms with Gasteiger partial charge in [-0.15, -0.1) is 0 Å². The van der Waals surface area contributed by atoms with Crippen molar-refractivity contribution in [1.29, 1.82) is 0 Å². The number of rotatable bonds is 1. The van der Waals surface area contributed by atoms with Gasteiger partial charge in [-0.3, -0.25) is 4.79 Å². The van der Waals surface area contributed by atoms with Gasteiger partial charge in [0.05, 0.1) is 10.9 Å². The lowest BCUT2D eigenvalue weighted by Gasteiger charge is -2.15. The highest BCUT2D eigenvalue weighted by molar-refractivity contribution is 5.95. The molecule has 1 aliphatic rings. The molecule has 3 N–H and O–H groups in total. The van der Waals surface area contributed by atoms with Crippen LogP contribution in [-0.4, -0.2) is 38.8 Å². The van der Waals surface area contributed by atoms with E-state index >= 15 is 0 Å². The third-order valence-corrected chi connectivity index (χ3v) is 4.34. The molecule has 0 spiro atoms. The summed E-state index contributed by atoms with van der Waals surface area (Å²) in [6.07, 6.45) is 5.34. The second-order valence-electron chi connectivity index (χ2n) is 6.01. The summed E-state index contributed by atoms with van der Waals surface area (Å²) in [7, 11) is 0. The van der Waals surface area contributed by atoms with E-state index in [1.54, 1.807) is 6.20 Å². The topological polar surface area (TPSA) is 87.9 Å². The van der Waals surface area contributed by atoms with Gasteiger partial charge in [0.15, 0.2) is 0 Å². The lowest BCUT2D eigenvalue weighted by Crippen LogP contribution is -2.27. The van der Waals surface area contributed by atoms with E-state index in [1.165, 1.54) is 6.33 Å². The molecule has 6 nitrogen and oxygen atoms in total. The highest BCUT2D eigenvalue weighted by Crippen LogP contribution is 2.20. The Kier molecular flexibility index (Phi) is 3.82. The molecule has 1 aromatic carbocycles. The Bertz CT molecular complexity index is 1010. The van der Waals surface area contributed by atoms with Crippen LogP contribution < -0.4 is 5.73 Å². The fourth-order valence-electron chi connectivity index (χ4n) is 3.06. The Morgan fingerprint density at radius 1 is 1.20 bits per heavy atom. The summed E-state index contributed by atoms with van der Waals surface area (Å²) in [5, 5.41) is 0.722. The van der Waals surface area contributed by atoms with Crippen LogP contribution in [0.25, 0.3) is 11.0 Å². The van der Waals surface area contributed by atoms with Gasteiger partial charge in [-0.25, -0.2) is 9.97 Å². The SMILES string of the molecule is Nc1ncnc2[nH]cc(C#Cc3cccc(C(=O)N4CCCC4)c3)c12. The summed E-state index contributed by atoms with van der Waals surface area (Å²) >= 11 is 0. The van der Waals surface area contributed by atoms with Crippen LogP contribution in [0, 0.1) is 11.8 Å². The molecule has 0 unspecified atom stereocenters. The Hall–Kier alpha value is -3.33. The van der Waals surface area contributed by atoms with Gasteiger partial charge in [-0.05, 0) is 31.0 Å². The second-order valence-corrected chi connectivity index (χ2v) is 6.01. The smallest absolute Gasteiger partial charge is 0.253 e. The molecule has 124 valence electrons. The van der Waals surface area contributed by atoms with Gasteiger partial charge in [0.2, 0.25) is 0 Å². The van der Waals surface area contributed by atoms with Crippen molar-refractivity contribution in [3.05, 3.63) is 53.5 Å². The maximum Gasteiger partial charge on any atom is 0.253 e. The summed E-state index contributed by atoms with van der Waals surface area (Å²) in [6.45, 7) is 1.67. The summed E-state index contributed by atoms with van der Waals surface area (Å²) in [5.74, 6) is 6.67. The number of likely N-dealkylation sites (tertiary alicyclic amines) is 1. The minimum atomic E-state index is 0.0749. The number of amides is 1. The average Bonchev–Trinajstić information content (AvgIpc) is 3.30. The van der Waals surface area contributed by atoms with E-state index in [-0.39, 0.29) is 5.91 Å². The number of aromatic nitrogens is 3. The van der Waals surface area contributed by atoms with E-state index in [9.17, 15) is 4.79 Å². The molecule has 1 aliphatic heterocycles. The van der Waals surface area contributed by atoms with E-state index < -0.39 is 0 Å². The molecule has 4 rings (SSSR count). The highest BCUT2D eigenvalue weighted by Gasteiger charge is 2.19.